The molecule has 0 aromatic heterocycles. The van der Waals surface area contributed by atoms with Crippen molar-refractivity contribution >= 4 is 17.6 Å². The van der Waals surface area contributed by atoms with Crippen molar-refractivity contribution in [1.82, 2.24) is 0 Å². The van der Waals surface area contributed by atoms with Gasteiger partial charge in [0.2, 0.25) is 5.91 Å². The predicted octanol–water partition coefficient (Wildman–Crippen LogP) is 4.61. The fourth-order valence-corrected chi connectivity index (χ4v) is 2.66. The van der Waals surface area contributed by atoms with Crippen molar-refractivity contribution in [1.29, 1.82) is 0 Å². The molecular formula is C22H27NO4. The average molecular weight is 369 g/mol. The first-order valence-corrected chi connectivity index (χ1v) is 9.41. The normalized spacial score (nSPS) is 10.3. The molecule has 2 aromatic rings. The lowest BCUT2D eigenvalue weighted by Crippen LogP contribution is -2.16. The Hall–Kier alpha value is -2.82. The summed E-state index contributed by atoms with van der Waals surface area (Å²) >= 11 is 0. The molecule has 144 valence electrons. The van der Waals surface area contributed by atoms with E-state index in [2.05, 4.69) is 24.4 Å². The smallest absolute Gasteiger partial charge is 0.340 e. The maximum Gasteiger partial charge on any atom is 0.340 e. The zero-order valence-corrected chi connectivity index (χ0v) is 16.0. The second-order valence-electron chi connectivity index (χ2n) is 6.16. The first-order valence-electron chi connectivity index (χ1n) is 9.41. The summed E-state index contributed by atoms with van der Waals surface area (Å²) in [4.78, 5) is 24.1. The minimum absolute atomic E-state index is 0.159. The van der Waals surface area contributed by atoms with Crippen molar-refractivity contribution in [2.24, 2.45) is 0 Å². The molecule has 0 bridgehead atoms. The van der Waals surface area contributed by atoms with E-state index < -0.39 is 5.97 Å². The van der Waals surface area contributed by atoms with Gasteiger partial charge in [-0.1, -0.05) is 37.6 Å². The van der Waals surface area contributed by atoms with Crippen LogP contribution in [0.1, 0.15) is 49.0 Å². The van der Waals surface area contributed by atoms with Crippen LogP contribution in [0.4, 0.5) is 5.69 Å². The van der Waals surface area contributed by atoms with E-state index in [9.17, 15) is 9.59 Å². The Kier molecular flexibility index (Phi) is 8.36. The molecule has 27 heavy (non-hydrogen) atoms. The van der Waals surface area contributed by atoms with Crippen LogP contribution < -0.4 is 10.1 Å². The number of para-hydroxylation sites is 1. The van der Waals surface area contributed by atoms with E-state index in [1.54, 1.807) is 31.2 Å². The van der Waals surface area contributed by atoms with Crippen molar-refractivity contribution in [2.75, 3.05) is 18.5 Å². The number of benzene rings is 2. The fraction of sp³-hybridized carbons (Fsp3) is 0.364. The lowest BCUT2D eigenvalue weighted by atomic mass is 10.1. The Labute approximate surface area is 160 Å². The highest BCUT2D eigenvalue weighted by Crippen LogP contribution is 2.17. The minimum Gasteiger partial charge on any atom is -0.494 e. The van der Waals surface area contributed by atoms with E-state index >= 15 is 0 Å². The van der Waals surface area contributed by atoms with Crippen molar-refractivity contribution in [3.05, 3.63) is 59.7 Å². The molecule has 5 heteroatoms. The number of ether oxygens (including phenoxy) is 2. The molecule has 2 aromatic carbocycles. The van der Waals surface area contributed by atoms with Gasteiger partial charge in [-0.25, -0.2) is 4.79 Å². The van der Waals surface area contributed by atoms with Gasteiger partial charge in [-0.15, -0.1) is 0 Å². The molecule has 2 rings (SSSR count). The lowest BCUT2D eigenvalue weighted by Gasteiger charge is -2.11. The van der Waals surface area contributed by atoms with E-state index in [1.165, 1.54) is 5.56 Å². The maximum absolute atomic E-state index is 12.2. The third kappa shape index (κ3) is 6.77. The topological polar surface area (TPSA) is 64.6 Å². The Morgan fingerprint density at radius 1 is 1.00 bits per heavy atom. The zero-order valence-electron chi connectivity index (χ0n) is 16.0. The number of carbonyl (C=O) groups is 2. The minimum atomic E-state index is -0.441. The highest BCUT2D eigenvalue weighted by atomic mass is 16.5. The molecule has 1 amide bonds. The SMILES string of the molecule is CCCc1ccc(OCCCC(=O)Nc2ccccc2C(=O)OCC)cc1. The number of carbonyl (C=O) groups excluding carboxylic acids is 2. The quantitative estimate of drug-likeness (QED) is 0.490. The van der Waals surface area contributed by atoms with Crippen LogP contribution in [0.15, 0.2) is 48.5 Å². The van der Waals surface area contributed by atoms with Crippen LogP contribution in [-0.4, -0.2) is 25.1 Å². The average Bonchev–Trinajstić information content (AvgIpc) is 2.67. The van der Waals surface area contributed by atoms with Gasteiger partial charge in [-0.05, 0) is 49.6 Å². The van der Waals surface area contributed by atoms with Crippen LogP contribution in [0.3, 0.4) is 0 Å². The summed E-state index contributed by atoms with van der Waals surface area (Å²) in [5.74, 6) is 0.208. The highest BCUT2D eigenvalue weighted by Gasteiger charge is 2.13. The summed E-state index contributed by atoms with van der Waals surface area (Å²) in [6, 6.07) is 14.9. The Morgan fingerprint density at radius 3 is 2.44 bits per heavy atom. The largest absolute Gasteiger partial charge is 0.494 e. The van der Waals surface area contributed by atoms with Crippen molar-refractivity contribution < 1.29 is 19.1 Å². The molecule has 0 aliphatic carbocycles. The van der Waals surface area contributed by atoms with E-state index in [1.807, 2.05) is 12.1 Å². The summed E-state index contributed by atoms with van der Waals surface area (Å²) in [5, 5.41) is 2.77. The molecule has 0 radical (unpaired) electrons. The number of aryl methyl sites for hydroxylation is 1. The molecule has 5 nitrogen and oxygen atoms in total. The fourth-order valence-electron chi connectivity index (χ4n) is 2.66. The number of nitrogens with one attached hydrogen (secondary N) is 1. The van der Waals surface area contributed by atoms with Crippen LogP contribution in [0, 0.1) is 0 Å². The number of esters is 1. The molecule has 0 spiro atoms. The Bertz CT molecular complexity index is 740. The molecule has 1 N–H and O–H groups in total. The molecule has 0 heterocycles. The van der Waals surface area contributed by atoms with Gasteiger partial charge in [0.15, 0.2) is 0 Å². The lowest BCUT2D eigenvalue weighted by molar-refractivity contribution is -0.116. The summed E-state index contributed by atoms with van der Waals surface area (Å²) in [5.41, 5.74) is 2.12. The summed E-state index contributed by atoms with van der Waals surface area (Å²) < 4.78 is 10.7. The van der Waals surface area contributed by atoms with Crippen molar-refractivity contribution in [3.63, 3.8) is 0 Å². The van der Waals surface area contributed by atoms with Crippen LogP contribution in [0.25, 0.3) is 0 Å². The molecule has 0 unspecified atom stereocenters. The van der Waals surface area contributed by atoms with Gasteiger partial charge in [0, 0.05) is 6.42 Å². The Morgan fingerprint density at radius 2 is 1.74 bits per heavy atom. The number of anilines is 1. The first kappa shape index (κ1) is 20.5. The van der Waals surface area contributed by atoms with Crippen LogP contribution >= 0.6 is 0 Å². The van der Waals surface area contributed by atoms with Gasteiger partial charge in [0.25, 0.3) is 0 Å². The standard InChI is InChI=1S/C22H27NO4/c1-3-8-17-12-14-18(15-13-17)27-16-7-11-21(24)23-20-10-6-5-9-19(20)22(25)26-4-2/h5-6,9-10,12-15H,3-4,7-8,11,16H2,1-2H3,(H,23,24). The summed E-state index contributed by atoms with van der Waals surface area (Å²) in [7, 11) is 0. The zero-order chi connectivity index (χ0) is 19.5. The Balaban J connectivity index is 1.77. The van der Waals surface area contributed by atoms with Gasteiger partial charge in [-0.2, -0.15) is 0 Å². The van der Waals surface area contributed by atoms with Gasteiger partial charge >= 0.3 is 5.97 Å². The van der Waals surface area contributed by atoms with Crippen LogP contribution in [0.5, 0.6) is 5.75 Å². The molecule has 0 saturated carbocycles. The maximum atomic E-state index is 12.2. The van der Waals surface area contributed by atoms with Crippen LogP contribution in [-0.2, 0) is 16.0 Å². The van der Waals surface area contributed by atoms with E-state index in [4.69, 9.17) is 9.47 Å². The third-order valence-electron chi connectivity index (χ3n) is 3.98. The number of hydrogen-bond acceptors (Lipinski definition) is 4. The third-order valence-corrected chi connectivity index (χ3v) is 3.98. The predicted molar refractivity (Wildman–Crippen MR) is 106 cm³/mol. The van der Waals surface area contributed by atoms with Gasteiger partial charge in [0.05, 0.1) is 24.5 Å². The van der Waals surface area contributed by atoms with Gasteiger partial charge < -0.3 is 14.8 Å². The molecule has 0 aliphatic heterocycles. The molecule has 0 aliphatic rings. The molecular weight excluding hydrogens is 342 g/mol. The molecule has 0 atom stereocenters. The second kappa shape index (κ2) is 11.0. The van der Waals surface area contributed by atoms with Crippen molar-refractivity contribution in [3.8, 4) is 5.75 Å². The monoisotopic (exact) mass is 369 g/mol. The van der Waals surface area contributed by atoms with Gasteiger partial charge in [-0.3, -0.25) is 4.79 Å². The molecule has 0 fully saturated rings. The van der Waals surface area contributed by atoms with E-state index in [0.717, 1.165) is 18.6 Å². The van der Waals surface area contributed by atoms with Crippen molar-refractivity contribution in [2.45, 2.75) is 39.5 Å². The van der Waals surface area contributed by atoms with Gasteiger partial charge in [0.1, 0.15) is 5.75 Å². The van der Waals surface area contributed by atoms with E-state index in [-0.39, 0.29) is 12.5 Å². The summed E-state index contributed by atoms with van der Waals surface area (Å²) in [6.07, 6.45) is 3.08. The first-order chi connectivity index (χ1) is 13.1. The number of rotatable bonds is 10. The van der Waals surface area contributed by atoms with Crippen LogP contribution in [0.2, 0.25) is 0 Å². The van der Waals surface area contributed by atoms with E-state index in [0.29, 0.717) is 30.7 Å². The highest BCUT2D eigenvalue weighted by molar-refractivity contribution is 6.01. The number of amides is 1. The summed E-state index contributed by atoms with van der Waals surface area (Å²) in [6.45, 7) is 4.65. The second-order valence-corrected chi connectivity index (χ2v) is 6.16. The molecule has 0 saturated heterocycles. The number of hydrogen-bond donors (Lipinski definition) is 1.